The Hall–Kier alpha value is -12.5. The van der Waals surface area contributed by atoms with Crippen LogP contribution in [-0.4, -0.2) is 210 Å². The van der Waals surface area contributed by atoms with Gasteiger partial charge in [-0.1, -0.05) is 117 Å². The van der Waals surface area contributed by atoms with Crippen LogP contribution in [0.25, 0.3) is 43.6 Å². The summed E-state index contributed by atoms with van der Waals surface area (Å²) in [6.07, 6.45) is 12.1. The van der Waals surface area contributed by atoms with Crippen molar-refractivity contribution in [2.45, 2.75) is 85.9 Å². The zero-order valence-corrected chi connectivity index (χ0v) is 74.2. The van der Waals surface area contributed by atoms with Gasteiger partial charge in [0.05, 0.1) is 94.5 Å². The van der Waals surface area contributed by atoms with E-state index in [0.717, 1.165) is 113 Å². The highest BCUT2D eigenvalue weighted by Gasteiger charge is 2.36. The lowest BCUT2D eigenvalue weighted by atomic mass is 9.87. The van der Waals surface area contributed by atoms with E-state index in [4.69, 9.17) is 23.4 Å². The lowest BCUT2D eigenvalue weighted by Gasteiger charge is -2.37. The van der Waals surface area contributed by atoms with Gasteiger partial charge in [0.2, 0.25) is 0 Å². The minimum Gasteiger partial charge on any atom is -0.468 e. The number of hydrogen-bond acceptors (Lipinski definition) is 24. The van der Waals surface area contributed by atoms with Crippen LogP contribution in [0, 0.1) is 5.92 Å². The van der Waals surface area contributed by atoms with Gasteiger partial charge in [-0.25, -0.2) is 19.2 Å². The first-order valence-electron chi connectivity index (χ1n) is 43.5. The molecule has 0 atom stereocenters. The lowest BCUT2D eigenvalue weighted by molar-refractivity contribution is 0.0514. The molecule has 0 bridgehead atoms. The lowest BCUT2D eigenvalue weighted by Crippen LogP contribution is -2.49. The second-order valence-electron chi connectivity index (χ2n) is 31.6. The molecule has 28 nitrogen and oxygen atoms in total. The predicted molar refractivity (Wildman–Crippen MR) is 494 cm³/mol. The van der Waals surface area contributed by atoms with E-state index in [2.05, 4.69) is 47.0 Å². The van der Waals surface area contributed by atoms with Crippen molar-refractivity contribution in [3.05, 3.63) is 260 Å². The van der Waals surface area contributed by atoms with E-state index in [1.54, 1.807) is 100 Å². The van der Waals surface area contributed by atoms with Crippen LogP contribution in [0.5, 0.6) is 0 Å². The molecular weight excluding hydrogens is 1640 g/mol. The van der Waals surface area contributed by atoms with Gasteiger partial charge in [0, 0.05) is 178 Å². The number of fused-ring (bicyclic) bond motifs is 4. The average Bonchev–Trinajstić information content (AvgIpc) is 1.05. The molecule has 30 heteroatoms. The first-order valence-corrected chi connectivity index (χ1v) is 45.3. The third-order valence-corrected chi connectivity index (χ3v) is 25.8. The summed E-state index contributed by atoms with van der Waals surface area (Å²) in [5.74, 6) is -0.796. The summed E-state index contributed by atoms with van der Waals surface area (Å²) >= 11 is 3.21. The van der Waals surface area contributed by atoms with Crippen molar-refractivity contribution in [3.8, 4) is 0 Å². The Kier molecular flexibility index (Phi) is 29.9. The number of esters is 4. The number of benzene rings is 4. The molecule has 4 aromatic carbocycles. The number of thiophene rings is 2. The van der Waals surface area contributed by atoms with Crippen LogP contribution in [0.2, 0.25) is 0 Å². The Bertz CT molecular complexity index is 5920. The molecule has 5 aliphatic rings. The van der Waals surface area contributed by atoms with Gasteiger partial charge in [0.15, 0.2) is 0 Å². The summed E-state index contributed by atoms with van der Waals surface area (Å²) in [7, 11) is 5.05. The molecule has 126 heavy (non-hydrogen) atoms. The SMILES string of the molecule is CCOC(=O)c1c(N2CCN(C(=O)c3cccnc3)CC2)c2ccccc2n(C)c1=O.CCOC(=O)c1c(N2CCN(C(=O)c3cccs3)CC2)c2ccccc2n(CCC2CCCCC2)c1=O.CCOC(=O)c1c(N2CCN(Cc3ccco3)CC2)c2ccccc2n(C)c1=O.CCOC(=O)c1c(N2CCN(Cc3cccs3)CC2)c2ccccc2n(C)c1=O. The van der Waals surface area contributed by atoms with Gasteiger partial charge in [-0.2, -0.15) is 0 Å². The molecule has 12 aromatic rings. The minimum absolute atomic E-state index is 0.0308. The first kappa shape index (κ1) is 89.8. The smallest absolute Gasteiger partial charge is 0.345 e. The van der Waals surface area contributed by atoms with Gasteiger partial charge in [0.25, 0.3) is 34.1 Å². The molecule has 0 unspecified atom stereocenters. The van der Waals surface area contributed by atoms with Crippen molar-refractivity contribution < 1.29 is 52.1 Å². The zero-order chi connectivity index (χ0) is 88.5. The van der Waals surface area contributed by atoms with Gasteiger partial charge in [0.1, 0.15) is 28.0 Å². The maximum atomic E-state index is 13.9. The number of ether oxygens (including phenoxy) is 4. The monoisotopic (exact) mass is 1750 g/mol. The highest BCUT2D eigenvalue weighted by Crippen LogP contribution is 2.37. The number of amides is 2. The molecule has 0 spiro atoms. The van der Waals surface area contributed by atoms with E-state index in [9.17, 15) is 47.9 Å². The Balaban J connectivity index is 0.000000137. The van der Waals surface area contributed by atoms with Crippen LogP contribution in [-0.2, 0) is 59.7 Å². The fourth-order valence-electron chi connectivity index (χ4n) is 17.7. The summed E-state index contributed by atoms with van der Waals surface area (Å²) in [6, 6.07) is 46.1. The second-order valence-corrected chi connectivity index (χ2v) is 33.6. The Morgan fingerprint density at radius 1 is 0.405 bits per heavy atom. The summed E-state index contributed by atoms with van der Waals surface area (Å²) < 4.78 is 32.9. The summed E-state index contributed by atoms with van der Waals surface area (Å²) in [4.78, 5) is 153. The van der Waals surface area contributed by atoms with Crippen LogP contribution in [0.15, 0.2) is 199 Å². The number of pyridine rings is 5. The molecule has 5 fully saturated rings. The normalized spacial score (nSPS) is 15.3. The van der Waals surface area contributed by atoms with E-state index in [0.29, 0.717) is 106 Å². The number of furan rings is 1. The van der Waals surface area contributed by atoms with Gasteiger partial charge in [-0.05, 0) is 111 Å². The van der Waals surface area contributed by atoms with Gasteiger partial charge < -0.3 is 71.0 Å². The highest BCUT2D eigenvalue weighted by atomic mass is 32.1. The minimum atomic E-state index is -0.627. The standard InChI is InChI=1S/C29H35N3O4S.C23H24N4O4.C22H25N3O4.C22H25N3O3S/c1-2-36-29(35)25-26(30-16-18-31(19-17-30)27(33)24-13-8-20-37-24)22-11-6-7-12-23(22)32(28(25)34)15-14-21-9-4-3-5-10-21;1-3-31-23(30)19-20(17-8-4-5-9-18(17)25(2)22(19)29)26-11-13-27(14-12-26)21(28)16-7-6-10-24-15-16;2*1-3-28-22(27)19-20(17-8-4-5-9-18(17)23(2)21(19)26)25-12-10-24(11-13-25)15-16-7-6-14-29-16/h6-8,11-13,20-21H,2-5,9-10,14-19H2,1H3;4-10,15H,3,11-14H2,1-2H3;2*4-9,14H,3,10-13,15H2,1-2H3. The zero-order valence-electron chi connectivity index (χ0n) is 72.6. The van der Waals surface area contributed by atoms with Crippen LogP contribution in [0.3, 0.4) is 0 Å². The molecule has 0 radical (unpaired) electrons. The number of hydrogen-bond donors (Lipinski definition) is 0. The maximum Gasteiger partial charge on any atom is 0.345 e. The average molecular weight is 1750 g/mol. The Morgan fingerprint density at radius 2 is 0.802 bits per heavy atom. The number of anilines is 4. The number of aromatic nitrogens is 5. The van der Waals surface area contributed by atoms with Crippen molar-refractivity contribution in [2.75, 3.05) is 151 Å². The fourth-order valence-corrected chi connectivity index (χ4v) is 19.1. The molecule has 1 saturated carbocycles. The molecule has 660 valence electrons. The largest absolute Gasteiger partial charge is 0.468 e. The second kappa shape index (κ2) is 42.0. The van der Waals surface area contributed by atoms with E-state index in [1.807, 2.05) is 137 Å². The van der Waals surface area contributed by atoms with E-state index < -0.39 is 23.9 Å². The van der Waals surface area contributed by atoms with Crippen molar-refractivity contribution >= 4 is 125 Å². The van der Waals surface area contributed by atoms with E-state index in [1.165, 1.54) is 62.0 Å². The topological polar surface area (TPSA) is 279 Å². The van der Waals surface area contributed by atoms with E-state index in [-0.39, 0.29) is 82.7 Å². The molecule has 1 aliphatic carbocycles. The van der Waals surface area contributed by atoms with Crippen molar-refractivity contribution in [1.82, 2.24) is 42.9 Å². The number of rotatable bonds is 21. The van der Waals surface area contributed by atoms with Gasteiger partial charge in [-0.15, -0.1) is 22.7 Å². The summed E-state index contributed by atoms with van der Waals surface area (Å²) in [5, 5.41) is 7.49. The number of piperazine rings is 4. The summed E-state index contributed by atoms with van der Waals surface area (Å²) in [6.45, 7) is 20.5. The van der Waals surface area contributed by atoms with Crippen LogP contribution >= 0.6 is 22.7 Å². The number of aryl methyl sites for hydroxylation is 4. The number of carbonyl (C=O) groups is 6. The van der Waals surface area contributed by atoms with Crippen molar-refractivity contribution in [3.63, 3.8) is 0 Å². The van der Waals surface area contributed by atoms with Crippen LogP contribution in [0.4, 0.5) is 22.7 Å². The van der Waals surface area contributed by atoms with Gasteiger partial charge >= 0.3 is 23.9 Å². The molecule has 17 rings (SSSR count). The third-order valence-electron chi connectivity index (χ3n) is 24.1. The Morgan fingerprint density at radius 3 is 1.20 bits per heavy atom. The van der Waals surface area contributed by atoms with E-state index >= 15 is 0 Å². The Labute approximate surface area is 738 Å². The maximum absolute atomic E-state index is 13.9. The molecule has 0 N–H and O–H groups in total. The van der Waals surface area contributed by atoms with Crippen molar-refractivity contribution in [2.24, 2.45) is 27.1 Å². The molecule has 2 amide bonds. The quantitative estimate of drug-likeness (QED) is 0.0477. The highest BCUT2D eigenvalue weighted by molar-refractivity contribution is 7.12. The molecule has 4 aliphatic heterocycles. The van der Waals surface area contributed by atoms with Crippen LogP contribution < -0.4 is 41.8 Å². The van der Waals surface area contributed by atoms with Crippen LogP contribution in [0.1, 0.15) is 138 Å². The number of para-hydroxylation sites is 4. The predicted octanol–water partition coefficient (Wildman–Crippen LogP) is 13.0. The molecule has 12 heterocycles. The van der Waals surface area contributed by atoms with Gasteiger partial charge in [-0.3, -0.25) is 43.6 Å². The van der Waals surface area contributed by atoms with Crippen molar-refractivity contribution in [1.29, 1.82) is 0 Å². The molecule has 8 aromatic heterocycles. The molecular formula is C96H109N13O15S2. The first-order chi connectivity index (χ1) is 61.3. The number of nitrogens with zero attached hydrogens (tertiary/aromatic N) is 13. The fraction of sp³-hybridized carbons (Fsp3) is 0.385. The number of carbonyl (C=O) groups excluding carboxylic acids is 6. The third kappa shape index (κ3) is 19.9. The summed E-state index contributed by atoms with van der Waals surface area (Å²) in [5.41, 5.74) is 5.47. The molecule has 4 saturated heterocycles.